The van der Waals surface area contributed by atoms with Crippen molar-refractivity contribution in [1.29, 1.82) is 0 Å². The summed E-state index contributed by atoms with van der Waals surface area (Å²) >= 11 is 0. The number of aliphatic carboxylic acids is 1. The summed E-state index contributed by atoms with van der Waals surface area (Å²) in [5.74, 6) is -1.97. The molecule has 5 atom stereocenters. The average Bonchev–Trinajstić information content (AvgIpc) is 2.72. The zero-order valence-electron chi connectivity index (χ0n) is 17.2. The van der Waals surface area contributed by atoms with Gasteiger partial charge in [0.25, 0.3) is 0 Å². The van der Waals surface area contributed by atoms with Crippen LogP contribution in [-0.4, -0.2) is 87.5 Å². The van der Waals surface area contributed by atoms with Gasteiger partial charge in [-0.15, -0.1) is 0 Å². The van der Waals surface area contributed by atoms with Crippen LogP contribution in [0.15, 0.2) is 24.3 Å². The molecule has 1 aliphatic heterocycles. The van der Waals surface area contributed by atoms with Crippen LogP contribution in [0.5, 0.6) is 11.5 Å². The maximum absolute atomic E-state index is 12.0. The van der Waals surface area contributed by atoms with Crippen LogP contribution >= 0.6 is 0 Å². The number of hydrogen-bond donors (Lipinski definition) is 5. The minimum absolute atomic E-state index is 0.0609. The first-order valence-electron chi connectivity index (χ1n) is 9.29. The molecule has 1 heterocycles. The number of aliphatic hydroxyl groups excluding tert-OH is 3. The van der Waals surface area contributed by atoms with Crippen LogP contribution < -0.4 is 4.74 Å². The predicted molar refractivity (Wildman–Crippen MR) is 104 cm³/mol. The van der Waals surface area contributed by atoms with E-state index in [-0.39, 0.29) is 11.5 Å². The molecule has 0 aliphatic carbocycles. The molecule has 0 saturated carbocycles. The van der Waals surface area contributed by atoms with E-state index in [9.17, 15) is 30.0 Å². The Hall–Kier alpha value is -2.70. The summed E-state index contributed by atoms with van der Waals surface area (Å²) in [6.45, 7) is 1.95. The van der Waals surface area contributed by atoms with Gasteiger partial charge in [-0.1, -0.05) is 6.07 Å². The molecule has 5 N–H and O–H groups in total. The Labute approximate surface area is 178 Å². The smallest absolute Gasteiger partial charge is 0.335 e. The summed E-state index contributed by atoms with van der Waals surface area (Å²) in [4.78, 5) is 23.2. The van der Waals surface area contributed by atoms with E-state index in [0.29, 0.717) is 5.56 Å². The predicted octanol–water partition coefficient (Wildman–Crippen LogP) is -0.355. The number of benzene rings is 1. The maximum atomic E-state index is 12.0. The SMILES string of the molecule is COc1cc(C=CC(=O)OC[C@H]2O[C@H](OC(C)(C)C(=O)O)[C@H](O)[C@@H](O)[C@@H]2O)ccc1O. The number of carboxylic acids is 1. The number of phenols is 1. The molecule has 31 heavy (non-hydrogen) atoms. The Kier molecular flexibility index (Phi) is 7.98. The number of carboxylic acid groups (broad SMARTS) is 1. The monoisotopic (exact) mass is 442 g/mol. The molecule has 1 aromatic carbocycles. The van der Waals surface area contributed by atoms with Crippen molar-refractivity contribution >= 4 is 18.0 Å². The first-order chi connectivity index (χ1) is 14.5. The van der Waals surface area contributed by atoms with E-state index in [4.69, 9.17) is 24.1 Å². The summed E-state index contributed by atoms with van der Waals surface area (Å²) in [6.07, 6.45) is -5.40. The van der Waals surface area contributed by atoms with Crippen molar-refractivity contribution in [2.45, 2.75) is 50.2 Å². The molecule has 1 fully saturated rings. The van der Waals surface area contributed by atoms with Gasteiger partial charge in [0.15, 0.2) is 23.4 Å². The van der Waals surface area contributed by atoms with Crippen molar-refractivity contribution in [1.82, 2.24) is 0 Å². The van der Waals surface area contributed by atoms with Gasteiger partial charge < -0.3 is 44.5 Å². The summed E-state index contributed by atoms with van der Waals surface area (Å²) in [5.41, 5.74) is -1.20. The first-order valence-corrected chi connectivity index (χ1v) is 9.29. The molecule has 172 valence electrons. The summed E-state index contributed by atoms with van der Waals surface area (Å²) in [5, 5.41) is 48.8. The second kappa shape index (κ2) is 10.1. The third kappa shape index (κ3) is 6.15. The number of aromatic hydroxyl groups is 1. The summed E-state index contributed by atoms with van der Waals surface area (Å²) in [6, 6.07) is 4.43. The molecule has 0 amide bonds. The lowest BCUT2D eigenvalue weighted by Crippen LogP contribution is -2.61. The highest BCUT2D eigenvalue weighted by atomic mass is 16.7. The number of carbonyl (C=O) groups is 2. The van der Waals surface area contributed by atoms with Gasteiger partial charge in [-0.25, -0.2) is 9.59 Å². The number of rotatable bonds is 8. The highest BCUT2D eigenvalue weighted by Gasteiger charge is 2.47. The number of phenolic OH excluding ortho intramolecular Hbond substituents is 1. The highest BCUT2D eigenvalue weighted by molar-refractivity contribution is 5.87. The molecule has 0 radical (unpaired) electrons. The van der Waals surface area contributed by atoms with Gasteiger partial charge in [-0.05, 0) is 37.6 Å². The zero-order chi connectivity index (χ0) is 23.3. The van der Waals surface area contributed by atoms with Crippen LogP contribution in [0.3, 0.4) is 0 Å². The Bertz CT molecular complexity index is 819. The molecule has 2 rings (SSSR count). The van der Waals surface area contributed by atoms with E-state index in [1.165, 1.54) is 39.2 Å². The third-order valence-corrected chi connectivity index (χ3v) is 4.60. The highest BCUT2D eigenvalue weighted by Crippen LogP contribution is 2.27. The lowest BCUT2D eigenvalue weighted by atomic mass is 9.99. The molecule has 0 unspecified atom stereocenters. The second-order valence-corrected chi connectivity index (χ2v) is 7.34. The Morgan fingerprint density at radius 1 is 1.16 bits per heavy atom. The van der Waals surface area contributed by atoms with Crippen LogP contribution in [-0.2, 0) is 23.8 Å². The lowest BCUT2D eigenvalue weighted by molar-refractivity contribution is -0.320. The van der Waals surface area contributed by atoms with Gasteiger partial charge in [0.1, 0.15) is 31.0 Å². The maximum Gasteiger partial charge on any atom is 0.335 e. The number of aliphatic hydroxyl groups is 3. The fraction of sp³-hybridized carbons (Fsp3) is 0.500. The van der Waals surface area contributed by atoms with Gasteiger partial charge in [0, 0.05) is 6.08 Å². The lowest BCUT2D eigenvalue weighted by Gasteiger charge is -2.41. The van der Waals surface area contributed by atoms with Gasteiger partial charge in [0.2, 0.25) is 0 Å². The van der Waals surface area contributed by atoms with Crippen molar-refractivity contribution in [3.8, 4) is 11.5 Å². The van der Waals surface area contributed by atoms with Crippen LogP contribution in [0.2, 0.25) is 0 Å². The first kappa shape index (κ1) is 24.6. The molecule has 1 aliphatic rings. The van der Waals surface area contributed by atoms with E-state index in [1.807, 2.05) is 0 Å². The summed E-state index contributed by atoms with van der Waals surface area (Å²) < 4.78 is 20.5. The zero-order valence-corrected chi connectivity index (χ0v) is 17.2. The number of esters is 1. The largest absolute Gasteiger partial charge is 0.504 e. The standard InChI is InChI=1S/C20H26O11/c1-20(2,19(26)27)31-18-17(25)16(24)15(23)13(30-18)9-29-14(22)7-5-10-4-6-11(21)12(8-10)28-3/h4-8,13,15-18,21,23-25H,9H2,1-3H3,(H,26,27)/t13-,15-,16+,17-,18-/m1/s1. The van der Waals surface area contributed by atoms with Gasteiger partial charge in [-0.2, -0.15) is 0 Å². The number of methoxy groups -OCH3 is 1. The van der Waals surface area contributed by atoms with Crippen molar-refractivity contribution in [3.63, 3.8) is 0 Å². The van der Waals surface area contributed by atoms with Crippen LogP contribution in [0.25, 0.3) is 6.08 Å². The van der Waals surface area contributed by atoms with E-state index >= 15 is 0 Å². The Morgan fingerprint density at radius 2 is 1.84 bits per heavy atom. The average molecular weight is 442 g/mol. The van der Waals surface area contributed by atoms with Crippen LogP contribution in [0, 0.1) is 0 Å². The fourth-order valence-electron chi connectivity index (χ4n) is 2.67. The van der Waals surface area contributed by atoms with Crippen LogP contribution in [0.1, 0.15) is 19.4 Å². The van der Waals surface area contributed by atoms with E-state index in [0.717, 1.165) is 6.08 Å². The Morgan fingerprint density at radius 3 is 2.45 bits per heavy atom. The van der Waals surface area contributed by atoms with E-state index in [1.54, 1.807) is 6.07 Å². The molecule has 0 bridgehead atoms. The molecular formula is C20H26O11. The molecule has 1 saturated heterocycles. The van der Waals surface area contributed by atoms with Crippen molar-refractivity contribution in [2.75, 3.05) is 13.7 Å². The van der Waals surface area contributed by atoms with Gasteiger partial charge >= 0.3 is 11.9 Å². The van der Waals surface area contributed by atoms with Crippen LogP contribution in [0.4, 0.5) is 0 Å². The number of carbonyl (C=O) groups excluding carboxylic acids is 1. The fourth-order valence-corrected chi connectivity index (χ4v) is 2.67. The molecule has 1 aromatic rings. The van der Waals surface area contributed by atoms with Gasteiger partial charge in [0.05, 0.1) is 7.11 Å². The topological polar surface area (TPSA) is 172 Å². The molecule has 0 aromatic heterocycles. The normalized spacial score (nSPS) is 26.6. The van der Waals surface area contributed by atoms with Crippen molar-refractivity contribution < 1.29 is 54.1 Å². The molecule has 0 spiro atoms. The summed E-state index contributed by atoms with van der Waals surface area (Å²) in [7, 11) is 1.38. The minimum atomic E-state index is -1.75. The number of ether oxygens (including phenoxy) is 4. The van der Waals surface area contributed by atoms with Crippen molar-refractivity contribution in [2.24, 2.45) is 0 Å². The number of hydrogen-bond acceptors (Lipinski definition) is 10. The van der Waals surface area contributed by atoms with Crippen molar-refractivity contribution in [3.05, 3.63) is 29.8 Å². The van der Waals surface area contributed by atoms with E-state index < -0.39 is 54.9 Å². The molecular weight excluding hydrogens is 416 g/mol. The Balaban J connectivity index is 1.99. The second-order valence-electron chi connectivity index (χ2n) is 7.34. The van der Waals surface area contributed by atoms with E-state index in [2.05, 4.69) is 0 Å². The quantitative estimate of drug-likeness (QED) is 0.263. The van der Waals surface area contributed by atoms with Gasteiger partial charge in [-0.3, -0.25) is 0 Å². The minimum Gasteiger partial charge on any atom is -0.504 e. The third-order valence-electron chi connectivity index (χ3n) is 4.60. The molecule has 11 nitrogen and oxygen atoms in total. The molecule has 11 heteroatoms.